The van der Waals surface area contributed by atoms with Crippen molar-refractivity contribution < 1.29 is 14.3 Å². The van der Waals surface area contributed by atoms with Crippen LogP contribution in [0.5, 0.6) is 0 Å². The molecule has 1 aliphatic carbocycles. The maximum atomic E-state index is 11.7. The summed E-state index contributed by atoms with van der Waals surface area (Å²) in [5.74, 6) is 0.0665. The van der Waals surface area contributed by atoms with Crippen molar-refractivity contribution in [3.63, 3.8) is 0 Å². The zero-order valence-corrected chi connectivity index (χ0v) is 20.8. The Bertz CT molecular complexity index is 530. The summed E-state index contributed by atoms with van der Waals surface area (Å²) in [6.07, 6.45) is 22.3. The zero-order chi connectivity index (χ0) is 23.5. The highest BCUT2D eigenvalue weighted by Gasteiger charge is 2.42. The van der Waals surface area contributed by atoms with Crippen LogP contribution in [0.3, 0.4) is 0 Å². The second-order valence-electron chi connectivity index (χ2n) is 9.63. The van der Waals surface area contributed by atoms with Crippen LogP contribution in [0, 0.1) is 0 Å². The van der Waals surface area contributed by atoms with E-state index in [1.807, 2.05) is 0 Å². The number of rotatable bonds is 21. The highest BCUT2D eigenvalue weighted by Crippen LogP contribution is 2.33. The molecule has 0 saturated heterocycles. The maximum Gasteiger partial charge on any atom is 0.307 e. The minimum Gasteiger partial charge on any atom is -0.444 e. The molecule has 0 bridgehead atoms. The standard InChI is InChI=1S/C26H49N3O3/c1-29(2)23-17-22-28-24(30)18-15-13-11-9-7-5-3-4-6-8-10-12-14-16-19-25(31)32-26(27)20-21-26/h3-4H,5-23,27H2,1-2H3,(H,28,30)/b4-3+. The Kier molecular flexibility index (Phi) is 16.2. The van der Waals surface area contributed by atoms with Gasteiger partial charge in [-0.2, -0.15) is 0 Å². The lowest BCUT2D eigenvalue weighted by molar-refractivity contribution is -0.151. The Morgan fingerprint density at radius 3 is 1.94 bits per heavy atom. The van der Waals surface area contributed by atoms with E-state index in [2.05, 4.69) is 36.5 Å². The van der Waals surface area contributed by atoms with Crippen LogP contribution in [0.25, 0.3) is 0 Å². The first kappa shape index (κ1) is 28.6. The minimum absolute atomic E-state index is 0.135. The number of ether oxygens (including phenoxy) is 1. The van der Waals surface area contributed by atoms with Crippen LogP contribution >= 0.6 is 0 Å². The highest BCUT2D eigenvalue weighted by atomic mass is 16.6. The van der Waals surface area contributed by atoms with Gasteiger partial charge < -0.3 is 15.0 Å². The van der Waals surface area contributed by atoms with Crippen molar-refractivity contribution in [1.82, 2.24) is 10.2 Å². The van der Waals surface area contributed by atoms with Crippen molar-refractivity contribution in [2.45, 2.75) is 115 Å². The van der Waals surface area contributed by atoms with E-state index < -0.39 is 5.72 Å². The Balaban J connectivity index is 1.75. The molecule has 0 aliphatic heterocycles. The Morgan fingerprint density at radius 1 is 0.844 bits per heavy atom. The van der Waals surface area contributed by atoms with Gasteiger partial charge in [0.05, 0.1) is 0 Å². The molecule has 0 unspecified atom stereocenters. The molecule has 0 aromatic rings. The normalized spacial score (nSPS) is 14.8. The van der Waals surface area contributed by atoms with Crippen LogP contribution in [-0.4, -0.2) is 49.7 Å². The smallest absolute Gasteiger partial charge is 0.307 e. The third-order valence-corrected chi connectivity index (χ3v) is 5.86. The largest absolute Gasteiger partial charge is 0.444 e. The number of unbranched alkanes of at least 4 members (excludes halogenated alkanes) is 10. The molecule has 186 valence electrons. The van der Waals surface area contributed by atoms with Gasteiger partial charge in [-0.05, 0) is 65.6 Å². The van der Waals surface area contributed by atoms with Crippen molar-refractivity contribution in [1.29, 1.82) is 0 Å². The molecule has 0 spiro atoms. The van der Waals surface area contributed by atoms with Crippen LogP contribution in [0.2, 0.25) is 0 Å². The molecular formula is C26H49N3O3. The molecule has 0 aromatic carbocycles. The molecule has 6 heteroatoms. The van der Waals surface area contributed by atoms with E-state index in [9.17, 15) is 9.59 Å². The first-order valence-electron chi connectivity index (χ1n) is 13.0. The van der Waals surface area contributed by atoms with E-state index in [1.54, 1.807) is 0 Å². The Hall–Kier alpha value is -1.40. The number of nitrogens with two attached hydrogens (primary N) is 1. The van der Waals surface area contributed by atoms with Gasteiger partial charge >= 0.3 is 5.97 Å². The summed E-state index contributed by atoms with van der Waals surface area (Å²) in [5.41, 5.74) is 5.15. The lowest BCUT2D eigenvalue weighted by atomic mass is 10.1. The van der Waals surface area contributed by atoms with Gasteiger partial charge in [0.1, 0.15) is 0 Å². The molecular weight excluding hydrogens is 402 g/mol. The third-order valence-electron chi connectivity index (χ3n) is 5.86. The van der Waals surface area contributed by atoms with E-state index in [1.165, 1.54) is 38.5 Å². The van der Waals surface area contributed by atoms with Crippen molar-refractivity contribution in [2.24, 2.45) is 5.73 Å². The van der Waals surface area contributed by atoms with Crippen molar-refractivity contribution in [2.75, 3.05) is 27.2 Å². The number of esters is 1. The number of nitrogens with one attached hydrogen (secondary N) is 1. The lowest BCUT2D eigenvalue weighted by Crippen LogP contribution is -2.28. The van der Waals surface area contributed by atoms with Gasteiger partial charge in [0.25, 0.3) is 0 Å². The van der Waals surface area contributed by atoms with Gasteiger partial charge in [0.2, 0.25) is 5.91 Å². The van der Waals surface area contributed by atoms with Crippen LogP contribution in [0.1, 0.15) is 109 Å². The fourth-order valence-electron chi connectivity index (χ4n) is 3.59. The van der Waals surface area contributed by atoms with Gasteiger partial charge in [0, 0.05) is 32.2 Å². The predicted octanol–water partition coefficient (Wildman–Crippen LogP) is 5.06. The van der Waals surface area contributed by atoms with Crippen LogP contribution in [0.15, 0.2) is 12.2 Å². The number of carbonyl (C=O) groups is 2. The first-order chi connectivity index (χ1) is 15.4. The third kappa shape index (κ3) is 18.2. The van der Waals surface area contributed by atoms with E-state index in [0.717, 1.165) is 70.9 Å². The summed E-state index contributed by atoms with van der Waals surface area (Å²) in [7, 11) is 4.11. The molecule has 1 aliphatic rings. The molecule has 1 rings (SSSR count). The number of amides is 1. The molecule has 6 nitrogen and oxygen atoms in total. The Labute approximate surface area is 196 Å². The minimum atomic E-state index is -0.618. The fraction of sp³-hybridized carbons (Fsp3) is 0.846. The van der Waals surface area contributed by atoms with E-state index in [-0.39, 0.29) is 11.9 Å². The number of hydrogen-bond donors (Lipinski definition) is 2. The average molecular weight is 452 g/mol. The average Bonchev–Trinajstić information content (AvgIpc) is 3.47. The summed E-state index contributed by atoms with van der Waals surface area (Å²) in [4.78, 5) is 25.5. The van der Waals surface area contributed by atoms with Crippen LogP contribution < -0.4 is 11.1 Å². The zero-order valence-electron chi connectivity index (χ0n) is 20.8. The van der Waals surface area contributed by atoms with Crippen LogP contribution in [0.4, 0.5) is 0 Å². The van der Waals surface area contributed by atoms with E-state index >= 15 is 0 Å². The molecule has 0 atom stereocenters. The SMILES string of the molecule is CN(C)CCCNC(=O)CCCCCCC/C=C/CCCCCCCC(=O)OC1(N)CC1. The number of allylic oxidation sites excluding steroid dienone is 2. The van der Waals surface area contributed by atoms with E-state index in [4.69, 9.17) is 10.5 Å². The quantitative estimate of drug-likeness (QED) is 0.110. The first-order valence-corrected chi connectivity index (χ1v) is 13.0. The fourth-order valence-corrected chi connectivity index (χ4v) is 3.59. The van der Waals surface area contributed by atoms with Crippen molar-refractivity contribution in [3.8, 4) is 0 Å². The summed E-state index contributed by atoms with van der Waals surface area (Å²) < 4.78 is 5.21. The summed E-state index contributed by atoms with van der Waals surface area (Å²) in [6.45, 7) is 1.81. The van der Waals surface area contributed by atoms with Gasteiger partial charge in [-0.15, -0.1) is 0 Å². The molecule has 1 saturated carbocycles. The van der Waals surface area contributed by atoms with E-state index in [0.29, 0.717) is 12.8 Å². The number of nitrogens with zero attached hydrogens (tertiary/aromatic N) is 1. The monoisotopic (exact) mass is 451 g/mol. The summed E-state index contributed by atoms with van der Waals surface area (Å²) in [5, 5.41) is 3.00. The molecule has 1 amide bonds. The van der Waals surface area contributed by atoms with Gasteiger partial charge in [-0.1, -0.05) is 50.7 Å². The molecule has 3 N–H and O–H groups in total. The second-order valence-corrected chi connectivity index (χ2v) is 9.63. The molecule has 32 heavy (non-hydrogen) atoms. The predicted molar refractivity (Wildman–Crippen MR) is 132 cm³/mol. The van der Waals surface area contributed by atoms with Gasteiger partial charge in [-0.25, -0.2) is 0 Å². The van der Waals surface area contributed by atoms with Crippen LogP contribution in [-0.2, 0) is 14.3 Å². The summed E-state index contributed by atoms with van der Waals surface area (Å²) in [6, 6.07) is 0. The second kappa shape index (κ2) is 18.1. The topological polar surface area (TPSA) is 84.7 Å². The molecule has 0 heterocycles. The van der Waals surface area contributed by atoms with Gasteiger partial charge in [0.15, 0.2) is 5.72 Å². The number of carbonyl (C=O) groups excluding carboxylic acids is 2. The number of hydrogen-bond acceptors (Lipinski definition) is 5. The molecule has 1 fully saturated rings. The molecule has 0 aromatic heterocycles. The lowest BCUT2D eigenvalue weighted by Gasteiger charge is -2.10. The van der Waals surface area contributed by atoms with Crippen molar-refractivity contribution >= 4 is 11.9 Å². The Morgan fingerprint density at radius 2 is 1.38 bits per heavy atom. The van der Waals surface area contributed by atoms with Crippen molar-refractivity contribution in [3.05, 3.63) is 12.2 Å². The van der Waals surface area contributed by atoms with Gasteiger partial charge in [-0.3, -0.25) is 15.3 Å². The summed E-state index contributed by atoms with van der Waals surface area (Å²) >= 11 is 0. The maximum absolute atomic E-state index is 11.7. The highest BCUT2D eigenvalue weighted by molar-refractivity contribution is 5.75. The molecule has 0 radical (unpaired) electrons.